The van der Waals surface area contributed by atoms with Gasteiger partial charge in [0.2, 0.25) is 0 Å². The average molecular weight is 208 g/mol. The average Bonchev–Trinajstić information content (AvgIpc) is 2.36. The van der Waals surface area contributed by atoms with E-state index in [1.165, 1.54) is 19.3 Å². The minimum atomic E-state index is 0.213. The first-order valence-electron chi connectivity index (χ1n) is 6.73. The lowest BCUT2D eigenvalue weighted by molar-refractivity contribution is 0.882. The van der Waals surface area contributed by atoms with Crippen LogP contribution in [0.25, 0.3) is 0 Å². The van der Waals surface area contributed by atoms with Crippen molar-refractivity contribution in [1.29, 1.82) is 0 Å². The molecule has 0 aliphatic heterocycles. The normalized spacial score (nSPS) is 9.06. The number of hydrogen-bond donors (Lipinski definition) is 0. The molecule has 0 N–H and O–H groups in total. The third-order valence-electron chi connectivity index (χ3n) is 2.81. The Balaban J connectivity index is 3.83. The summed E-state index contributed by atoms with van der Waals surface area (Å²) in [5.74, 6) is 0. The highest BCUT2D eigenvalue weighted by molar-refractivity contribution is 7.92. The topological polar surface area (TPSA) is 0 Å². The van der Waals surface area contributed by atoms with Gasteiger partial charge in [0, 0.05) is 56.5 Å². The first kappa shape index (κ1) is 17.6. The molecule has 0 amide bonds. The zero-order valence-electron chi connectivity index (χ0n) is 11.3. The molecule has 0 atom stereocenters. The van der Waals surface area contributed by atoms with Crippen molar-refractivity contribution in [3.63, 3.8) is 0 Å². The van der Waals surface area contributed by atoms with Crippen molar-refractivity contribution in [3.8, 4) is 0 Å². The van der Waals surface area contributed by atoms with Crippen LogP contribution < -0.4 is 0 Å². The molecule has 0 rings (SSSR count). The maximum Gasteiger partial charge on any atom is 0.0544 e. The van der Waals surface area contributed by atoms with Crippen molar-refractivity contribution < 1.29 is 0 Å². The van der Waals surface area contributed by atoms with E-state index >= 15 is 0 Å². The van der Waals surface area contributed by atoms with Gasteiger partial charge in [-0.05, 0) is 0 Å². The zero-order valence-corrected chi connectivity index (χ0v) is 11.3. The van der Waals surface area contributed by atoms with Crippen molar-refractivity contribution in [2.24, 2.45) is 0 Å². The van der Waals surface area contributed by atoms with Crippen LogP contribution in [0.1, 0.15) is 33.1 Å². The summed E-state index contributed by atoms with van der Waals surface area (Å²) in [6.07, 6.45) is 6.29. The largest absolute Gasteiger partial charge is 0.0898 e. The van der Waals surface area contributed by atoms with E-state index in [0.29, 0.717) is 0 Å². The van der Waals surface area contributed by atoms with Gasteiger partial charge in [0.15, 0.2) is 0 Å². The van der Waals surface area contributed by atoms with Gasteiger partial charge in [0.1, 0.15) is 0 Å². The van der Waals surface area contributed by atoms with Crippen LogP contribution in [0.4, 0.5) is 0 Å². The van der Waals surface area contributed by atoms with Crippen LogP contribution in [-0.4, -0.2) is 70.8 Å². The first-order valence-corrected chi connectivity index (χ1v) is 6.73. The van der Waals surface area contributed by atoms with E-state index in [4.69, 9.17) is 15.5 Å². The second-order valence-electron chi connectivity index (χ2n) is 4.33. The summed E-state index contributed by atoms with van der Waals surface area (Å²) >= 11 is 0. The number of rotatable bonds is 12. The lowest BCUT2D eigenvalue weighted by Crippen LogP contribution is -2.56. The fourth-order valence-electron chi connectivity index (χ4n) is 1.67. The van der Waals surface area contributed by atoms with Crippen LogP contribution in [0.2, 0.25) is 12.6 Å². The molecule has 10 radical (unpaired) electrons. The standard InChI is InChI=1S/C7H16B10/c1-3-5-7-11-16(12-8)17(13-9)15-14-10-6-4-2/h3-7H2,1-2H3. The molecule has 0 unspecified atom stereocenters. The van der Waals surface area contributed by atoms with Crippen LogP contribution >= 0.6 is 0 Å². The van der Waals surface area contributed by atoms with Gasteiger partial charge in [0.05, 0.1) is 14.3 Å². The van der Waals surface area contributed by atoms with Gasteiger partial charge in [-0.15, -0.1) is 0 Å². The van der Waals surface area contributed by atoms with Crippen LogP contribution in [0.3, 0.4) is 0 Å². The molecule has 10 heteroatoms. The molecule has 0 aromatic carbocycles. The zero-order chi connectivity index (χ0) is 12.9. The fourth-order valence-corrected chi connectivity index (χ4v) is 1.67. The van der Waals surface area contributed by atoms with E-state index in [0.717, 1.165) is 12.6 Å². The van der Waals surface area contributed by atoms with Crippen molar-refractivity contribution in [3.05, 3.63) is 0 Å². The highest BCUT2D eigenvalue weighted by atomic mass is 13.7. The lowest BCUT2D eigenvalue weighted by Gasteiger charge is -2.20. The predicted octanol–water partition coefficient (Wildman–Crippen LogP) is -0.690. The summed E-state index contributed by atoms with van der Waals surface area (Å²) in [7, 11) is 23.5. The Bertz CT molecular complexity index is 156. The predicted molar refractivity (Wildman–Crippen MR) is 92.4 cm³/mol. The summed E-state index contributed by atoms with van der Waals surface area (Å²) in [6, 6.07) is 0. The van der Waals surface area contributed by atoms with Gasteiger partial charge in [-0.2, -0.15) is 0 Å². The molecular weight excluding hydrogens is 192 g/mol. The molecular formula is C7H16B10. The molecule has 0 aromatic rings. The Morgan fingerprint density at radius 3 is 2.18 bits per heavy atom. The molecule has 0 spiro atoms. The fraction of sp³-hybridized carbons (Fsp3) is 1.00. The highest BCUT2D eigenvalue weighted by Crippen LogP contribution is 1.96. The van der Waals surface area contributed by atoms with Crippen LogP contribution in [0.5, 0.6) is 0 Å². The smallest absolute Gasteiger partial charge is 0.0544 e. The number of hydrogen-bond acceptors (Lipinski definition) is 0. The molecule has 74 valence electrons. The number of unbranched alkanes of at least 4 members (excludes halogenated alkanes) is 1. The summed E-state index contributed by atoms with van der Waals surface area (Å²) in [5.41, 5.74) is 0. The Morgan fingerprint density at radius 1 is 0.941 bits per heavy atom. The molecule has 0 bridgehead atoms. The summed E-state index contributed by atoms with van der Waals surface area (Å²) in [4.78, 5) is 0. The first-order chi connectivity index (χ1) is 8.29. The second kappa shape index (κ2) is 13.1. The van der Waals surface area contributed by atoms with Crippen molar-refractivity contribution >= 4 is 70.8 Å². The Labute approximate surface area is 117 Å². The van der Waals surface area contributed by atoms with E-state index in [1.54, 1.807) is 14.1 Å². The summed E-state index contributed by atoms with van der Waals surface area (Å²) in [5, 5.41) is 0. The minimum absolute atomic E-state index is 0.213. The molecule has 0 heterocycles. The minimum Gasteiger partial charge on any atom is -0.0898 e. The summed E-state index contributed by atoms with van der Waals surface area (Å²) < 4.78 is 0. The molecule has 0 saturated heterocycles. The van der Waals surface area contributed by atoms with E-state index in [1.807, 2.05) is 0 Å². The molecule has 0 nitrogen and oxygen atoms in total. The molecule has 0 aliphatic rings. The Kier molecular flexibility index (Phi) is 13.6. The van der Waals surface area contributed by atoms with Crippen LogP contribution in [0, 0.1) is 0 Å². The van der Waals surface area contributed by atoms with Gasteiger partial charge >= 0.3 is 0 Å². The Hall–Kier alpha value is 0.649. The van der Waals surface area contributed by atoms with Gasteiger partial charge in [-0.25, -0.2) is 0 Å². The quantitative estimate of drug-likeness (QED) is 0.294. The van der Waals surface area contributed by atoms with Crippen molar-refractivity contribution in [1.82, 2.24) is 0 Å². The molecule has 0 fully saturated rings. The maximum absolute atomic E-state index is 5.69. The Morgan fingerprint density at radius 2 is 1.65 bits per heavy atom. The van der Waals surface area contributed by atoms with Gasteiger partial charge in [0.25, 0.3) is 0 Å². The highest BCUT2D eigenvalue weighted by Gasteiger charge is 2.22. The van der Waals surface area contributed by atoms with E-state index < -0.39 is 0 Å². The van der Waals surface area contributed by atoms with Crippen LogP contribution in [-0.2, 0) is 0 Å². The maximum atomic E-state index is 5.69. The van der Waals surface area contributed by atoms with Crippen molar-refractivity contribution in [2.45, 2.75) is 45.8 Å². The van der Waals surface area contributed by atoms with E-state index in [2.05, 4.69) is 42.3 Å². The SMILES string of the molecule is [B][B]B([B][B][B]CCC)B([B][B])[B]CCCC. The van der Waals surface area contributed by atoms with E-state index in [9.17, 15) is 0 Å². The van der Waals surface area contributed by atoms with Crippen molar-refractivity contribution in [2.75, 3.05) is 0 Å². The molecule has 17 heavy (non-hydrogen) atoms. The molecule has 0 saturated carbocycles. The third-order valence-corrected chi connectivity index (χ3v) is 2.81. The van der Waals surface area contributed by atoms with Gasteiger partial charge in [-0.3, -0.25) is 0 Å². The molecule has 0 aliphatic carbocycles. The monoisotopic (exact) mass is 210 g/mol. The lowest BCUT2D eigenvalue weighted by atomic mass is 8.64. The van der Waals surface area contributed by atoms with Crippen LogP contribution in [0.15, 0.2) is 0 Å². The second-order valence-corrected chi connectivity index (χ2v) is 4.33. The van der Waals surface area contributed by atoms with Gasteiger partial charge < -0.3 is 0 Å². The molecule has 0 aromatic heterocycles. The third kappa shape index (κ3) is 9.25. The van der Waals surface area contributed by atoms with E-state index in [-0.39, 0.29) is 12.8 Å². The van der Waals surface area contributed by atoms with Gasteiger partial charge in [-0.1, -0.05) is 45.8 Å². The summed E-state index contributed by atoms with van der Waals surface area (Å²) in [6.45, 7) is 4.37.